The molecule has 0 saturated heterocycles. The molecule has 4 rings (SSSR count). The zero-order valence-corrected chi connectivity index (χ0v) is 19.1. The molecule has 0 N–H and O–H groups in total. The average Bonchev–Trinajstić information content (AvgIpc) is 2.87. The lowest BCUT2D eigenvalue weighted by molar-refractivity contribution is -0.0512. The molecule has 0 fully saturated rings. The molecule has 6 nitrogen and oxygen atoms in total. The smallest absolute Gasteiger partial charge is 0.387 e. The van der Waals surface area contributed by atoms with Crippen molar-refractivity contribution in [1.82, 2.24) is 4.90 Å². The van der Waals surface area contributed by atoms with E-state index >= 15 is 0 Å². The molecular weight excluding hydrogens is 444 g/mol. The number of ether oxygens (including phenoxy) is 4. The fraction of sp³-hybridized carbons (Fsp3) is 0.269. The number of halogens is 2. The number of carbonyl (C=O) groups is 1. The van der Waals surface area contributed by atoms with Gasteiger partial charge >= 0.3 is 6.61 Å². The number of carbonyl (C=O) groups excluding carboxylic acids is 1. The number of methoxy groups -OCH3 is 3. The van der Waals surface area contributed by atoms with Crippen LogP contribution < -0.4 is 18.9 Å². The van der Waals surface area contributed by atoms with E-state index in [1.807, 2.05) is 42.5 Å². The first-order valence-electron chi connectivity index (χ1n) is 10.7. The van der Waals surface area contributed by atoms with Crippen LogP contribution in [0.25, 0.3) is 0 Å². The highest BCUT2D eigenvalue weighted by atomic mass is 19.3. The van der Waals surface area contributed by atoms with Gasteiger partial charge in [0.1, 0.15) is 0 Å². The van der Waals surface area contributed by atoms with Gasteiger partial charge in [0.15, 0.2) is 23.0 Å². The SMILES string of the molecule is COc1cc2c(cc1OC)C(c1ccccc1)N(C(=O)c1ccc(OC(F)F)c(OC)c1)CC2. The van der Waals surface area contributed by atoms with Gasteiger partial charge in [0.25, 0.3) is 5.91 Å². The second kappa shape index (κ2) is 9.99. The van der Waals surface area contributed by atoms with Crippen LogP contribution in [0.4, 0.5) is 8.78 Å². The summed E-state index contributed by atoms with van der Waals surface area (Å²) in [6.45, 7) is -2.54. The molecule has 1 aliphatic rings. The third kappa shape index (κ3) is 4.48. The zero-order chi connectivity index (χ0) is 24.2. The van der Waals surface area contributed by atoms with Crippen molar-refractivity contribution in [2.75, 3.05) is 27.9 Å². The zero-order valence-electron chi connectivity index (χ0n) is 19.1. The molecule has 1 heterocycles. The van der Waals surface area contributed by atoms with E-state index in [9.17, 15) is 13.6 Å². The van der Waals surface area contributed by atoms with E-state index in [0.717, 1.165) is 16.7 Å². The molecule has 1 unspecified atom stereocenters. The van der Waals surface area contributed by atoms with Crippen molar-refractivity contribution in [2.24, 2.45) is 0 Å². The van der Waals surface area contributed by atoms with Gasteiger partial charge in [-0.3, -0.25) is 4.79 Å². The number of rotatable bonds is 7. The van der Waals surface area contributed by atoms with Crippen LogP contribution in [0, 0.1) is 0 Å². The van der Waals surface area contributed by atoms with Crippen molar-refractivity contribution < 1.29 is 32.5 Å². The van der Waals surface area contributed by atoms with Crippen LogP contribution >= 0.6 is 0 Å². The minimum Gasteiger partial charge on any atom is -0.493 e. The highest BCUT2D eigenvalue weighted by Gasteiger charge is 2.34. The Bertz CT molecular complexity index is 1170. The Morgan fingerprint density at radius 3 is 2.18 bits per heavy atom. The molecule has 0 saturated carbocycles. The summed E-state index contributed by atoms with van der Waals surface area (Å²) in [4.78, 5) is 15.5. The van der Waals surface area contributed by atoms with Gasteiger partial charge in [-0.05, 0) is 53.4 Å². The Morgan fingerprint density at radius 2 is 1.53 bits per heavy atom. The molecular formula is C26H25F2NO5. The molecule has 0 aromatic heterocycles. The topological polar surface area (TPSA) is 57.2 Å². The predicted molar refractivity (Wildman–Crippen MR) is 122 cm³/mol. The van der Waals surface area contributed by atoms with Crippen LogP contribution in [0.5, 0.6) is 23.0 Å². The second-order valence-corrected chi connectivity index (χ2v) is 7.71. The van der Waals surface area contributed by atoms with Crippen LogP contribution in [-0.2, 0) is 6.42 Å². The summed E-state index contributed by atoms with van der Waals surface area (Å²) in [5.74, 6) is 0.885. The van der Waals surface area contributed by atoms with E-state index in [4.69, 9.17) is 14.2 Å². The number of hydrogen-bond donors (Lipinski definition) is 0. The molecule has 1 aliphatic heterocycles. The number of alkyl halides is 2. The van der Waals surface area contributed by atoms with Crippen LogP contribution in [0.1, 0.15) is 33.1 Å². The van der Waals surface area contributed by atoms with E-state index in [1.165, 1.54) is 25.3 Å². The van der Waals surface area contributed by atoms with Gasteiger partial charge in [0.05, 0.1) is 27.4 Å². The highest BCUT2D eigenvalue weighted by Crippen LogP contribution is 2.42. The second-order valence-electron chi connectivity index (χ2n) is 7.71. The summed E-state index contributed by atoms with van der Waals surface area (Å²) in [5.41, 5.74) is 3.25. The molecule has 178 valence electrons. The summed E-state index contributed by atoms with van der Waals surface area (Å²) in [5, 5.41) is 0. The van der Waals surface area contributed by atoms with E-state index < -0.39 is 6.61 Å². The summed E-state index contributed by atoms with van der Waals surface area (Å²) in [6.07, 6.45) is 0.620. The largest absolute Gasteiger partial charge is 0.493 e. The van der Waals surface area contributed by atoms with Gasteiger partial charge in [-0.2, -0.15) is 8.78 Å². The molecule has 34 heavy (non-hydrogen) atoms. The Kier molecular flexibility index (Phi) is 6.86. The average molecular weight is 469 g/mol. The Labute approximate surface area is 196 Å². The maximum absolute atomic E-state index is 13.7. The lowest BCUT2D eigenvalue weighted by Gasteiger charge is -2.38. The first kappa shape index (κ1) is 23.4. The third-order valence-corrected chi connectivity index (χ3v) is 5.88. The predicted octanol–water partition coefficient (Wildman–Crippen LogP) is 5.10. The van der Waals surface area contributed by atoms with Crippen LogP contribution in [0.2, 0.25) is 0 Å². The first-order chi connectivity index (χ1) is 16.5. The van der Waals surface area contributed by atoms with Crippen LogP contribution in [0.15, 0.2) is 60.7 Å². The van der Waals surface area contributed by atoms with E-state index in [2.05, 4.69) is 4.74 Å². The molecule has 3 aromatic carbocycles. The van der Waals surface area contributed by atoms with Crippen molar-refractivity contribution in [3.8, 4) is 23.0 Å². The van der Waals surface area contributed by atoms with Gasteiger partial charge < -0.3 is 23.8 Å². The van der Waals surface area contributed by atoms with E-state index in [0.29, 0.717) is 30.0 Å². The minimum atomic E-state index is -3.00. The van der Waals surface area contributed by atoms with Crippen LogP contribution in [-0.4, -0.2) is 45.3 Å². The van der Waals surface area contributed by atoms with Gasteiger partial charge in [-0.1, -0.05) is 30.3 Å². The molecule has 1 atom stereocenters. The fourth-order valence-corrected chi connectivity index (χ4v) is 4.32. The van der Waals surface area contributed by atoms with Crippen molar-refractivity contribution in [3.05, 3.63) is 82.9 Å². The monoisotopic (exact) mass is 469 g/mol. The van der Waals surface area contributed by atoms with Gasteiger partial charge in [-0.25, -0.2) is 0 Å². The summed E-state index contributed by atoms with van der Waals surface area (Å²) in [7, 11) is 4.50. The standard InChI is InChI=1S/C26H25F2NO5/c1-31-21-14-18(9-10-20(21)34-26(27)28)25(30)29-12-11-17-13-22(32-2)23(33-3)15-19(17)24(29)16-7-5-4-6-8-16/h4-10,13-15,24,26H,11-12H2,1-3H3. The maximum Gasteiger partial charge on any atom is 0.387 e. The number of fused-ring (bicyclic) bond motifs is 1. The summed E-state index contributed by atoms with van der Waals surface area (Å²) >= 11 is 0. The molecule has 0 aliphatic carbocycles. The molecule has 0 spiro atoms. The highest BCUT2D eigenvalue weighted by molar-refractivity contribution is 5.95. The normalized spacial score (nSPS) is 15.0. The molecule has 8 heteroatoms. The first-order valence-corrected chi connectivity index (χ1v) is 10.7. The Morgan fingerprint density at radius 1 is 0.882 bits per heavy atom. The summed E-state index contributed by atoms with van der Waals surface area (Å²) < 4.78 is 46.1. The van der Waals surface area contributed by atoms with E-state index in [1.54, 1.807) is 19.1 Å². The van der Waals surface area contributed by atoms with Gasteiger partial charge in [0.2, 0.25) is 0 Å². The molecule has 1 amide bonds. The molecule has 3 aromatic rings. The minimum absolute atomic E-state index is 0.0613. The third-order valence-electron chi connectivity index (χ3n) is 5.88. The lowest BCUT2D eigenvalue weighted by atomic mass is 9.87. The number of benzene rings is 3. The Balaban J connectivity index is 1.78. The molecule has 0 radical (unpaired) electrons. The summed E-state index contributed by atoms with van der Waals surface area (Å²) in [6, 6.07) is 17.4. The maximum atomic E-state index is 13.7. The lowest BCUT2D eigenvalue weighted by Crippen LogP contribution is -2.40. The van der Waals surface area contributed by atoms with Crippen molar-refractivity contribution >= 4 is 5.91 Å². The number of hydrogen-bond acceptors (Lipinski definition) is 5. The fourth-order valence-electron chi connectivity index (χ4n) is 4.32. The van der Waals surface area contributed by atoms with Crippen LogP contribution in [0.3, 0.4) is 0 Å². The van der Waals surface area contributed by atoms with Gasteiger partial charge in [0, 0.05) is 12.1 Å². The van der Waals surface area contributed by atoms with Crippen molar-refractivity contribution in [3.63, 3.8) is 0 Å². The molecule has 0 bridgehead atoms. The number of nitrogens with zero attached hydrogens (tertiary/aromatic N) is 1. The van der Waals surface area contributed by atoms with E-state index in [-0.39, 0.29) is 23.4 Å². The van der Waals surface area contributed by atoms with Crippen molar-refractivity contribution in [1.29, 1.82) is 0 Å². The van der Waals surface area contributed by atoms with Gasteiger partial charge in [-0.15, -0.1) is 0 Å². The quantitative estimate of drug-likeness (QED) is 0.482. The Hall–Kier alpha value is -3.81. The number of amides is 1. The van der Waals surface area contributed by atoms with Crippen molar-refractivity contribution in [2.45, 2.75) is 19.1 Å².